The molecule has 0 aliphatic rings. The van der Waals surface area contributed by atoms with E-state index in [2.05, 4.69) is 18.8 Å². The Balaban J connectivity index is 1.74. The van der Waals surface area contributed by atoms with E-state index in [4.69, 9.17) is 9.47 Å². The third-order valence-electron chi connectivity index (χ3n) is 4.06. The maximum absolute atomic E-state index is 11.9. The number of nitrogens with one attached hydrogen (secondary N) is 1. The second kappa shape index (κ2) is 12.2. The summed E-state index contributed by atoms with van der Waals surface area (Å²) in [5.41, 5.74) is 2.74. The number of carbonyl (C=O) groups excluding carboxylic acids is 2. The molecule has 0 saturated carbocycles. The lowest BCUT2D eigenvalue weighted by molar-refractivity contribution is -0.142. The van der Waals surface area contributed by atoms with Gasteiger partial charge in [-0.2, -0.15) is 0 Å². The Bertz CT molecular complexity index is 823. The van der Waals surface area contributed by atoms with Crippen LogP contribution in [0.4, 0.5) is 5.69 Å². The Labute approximate surface area is 172 Å². The van der Waals surface area contributed by atoms with Crippen molar-refractivity contribution < 1.29 is 19.1 Å². The first-order valence-electron chi connectivity index (χ1n) is 9.68. The van der Waals surface area contributed by atoms with Gasteiger partial charge in [0.25, 0.3) is 5.91 Å². The molecule has 5 nitrogen and oxygen atoms in total. The molecule has 0 fully saturated rings. The summed E-state index contributed by atoms with van der Waals surface area (Å²) < 4.78 is 10.4. The van der Waals surface area contributed by atoms with E-state index >= 15 is 0 Å². The fourth-order valence-electron chi connectivity index (χ4n) is 2.51. The first-order chi connectivity index (χ1) is 14.1. The number of unbranched alkanes of at least 4 members (excludes halogenated alkanes) is 1. The molecule has 1 N–H and O–H groups in total. The molecule has 0 aliphatic carbocycles. The predicted octanol–water partition coefficient (Wildman–Crippen LogP) is 4.79. The van der Waals surface area contributed by atoms with Gasteiger partial charge in [-0.3, -0.25) is 4.79 Å². The van der Waals surface area contributed by atoms with Crippen LogP contribution in [0.15, 0.2) is 67.3 Å². The van der Waals surface area contributed by atoms with E-state index < -0.39 is 5.97 Å². The molecule has 2 rings (SSSR count). The largest absolute Gasteiger partial charge is 0.490 e. The summed E-state index contributed by atoms with van der Waals surface area (Å²) in [5, 5.41) is 2.72. The van der Waals surface area contributed by atoms with E-state index in [-0.39, 0.29) is 12.5 Å². The van der Waals surface area contributed by atoms with Crippen LogP contribution in [0.1, 0.15) is 30.9 Å². The summed E-state index contributed by atoms with van der Waals surface area (Å²) in [6.45, 7) is 5.85. The van der Waals surface area contributed by atoms with Crippen LogP contribution >= 0.6 is 0 Å². The van der Waals surface area contributed by atoms with Gasteiger partial charge in [0, 0.05) is 11.8 Å². The number of amides is 1. The lowest BCUT2D eigenvalue weighted by atomic mass is 10.1. The van der Waals surface area contributed by atoms with E-state index in [1.54, 1.807) is 24.3 Å². The fraction of sp³-hybridized carbons (Fsp3) is 0.250. The highest BCUT2D eigenvalue weighted by atomic mass is 16.5. The molecule has 0 aliphatic heterocycles. The van der Waals surface area contributed by atoms with Crippen molar-refractivity contribution in [1.29, 1.82) is 0 Å². The minimum atomic E-state index is -0.581. The topological polar surface area (TPSA) is 64.6 Å². The highest BCUT2D eigenvalue weighted by molar-refractivity contribution is 5.94. The van der Waals surface area contributed by atoms with Crippen LogP contribution in [-0.4, -0.2) is 25.1 Å². The Morgan fingerprint density at radius 2 is 1.79 bits per heavy atom. The molecule has 29 heavy (non-hydrogen) atoms. The number of hydrogen-bond donors (Lipinski definition) is 1. The van der Waals surface area contributed by atoms with Gasteiger partial charge in [0.1, 0.15) is 12.4 Å². The van der Waals surface area contributed by atoms with E-state index in [1.807, 2.05) is 36.4 Å². The van der Waals surface area contributed by atoms with Gasteiger partial charge in [0.2, 0.25) is 0 Å². The third kappa shape index (κ3) is 8.47. The molecule has 152 valence electrons. The first kappa shape index (κ1) is 22.0. The van der Waals surface area contributed by atoms with Gasteiger partial charge >= 0.3 is 5.97 Å². The Hall–Kier alpha value is -3.34. The summed E-state index contributed by atoms with van der Waals surface area (Å²) in [5.74, 6) is -0.237. The molecule has 0 radical (unpaired) electrons. The second-order valence-electron chi connectivity index (χ2n) is 6.46. The van der Waals surface area contributed by atoms with Gasteiger partial charge in [0.05, 0.1) is 0 Å². The summed E-state index contributed by atoms with van der Waals surface area (Å²) in [6, 6.07) is 14.9. The van der Waals surface area contributed by atoms with Crippen molar-refractivity contribution in [3.05, 3.63) is 78.4 Å². The molecule has 2 aromatic rings. The molecule has 0 heterocycles. The van der Waals surface area contributed by atoms with Crippen LogP contribution in [0.2, 0.25) is 0 Å². The van der Waals surface area contributed by atoms with E-state index in [1.165, 1.54) is 11.6 Å². The summed E-state index contributed by atoms with van der Waals surface area (Å²) >= 11 is 0. The maximum atomic E-state index is 11.9. The molecule has 0 atom stereocenters. The SMILES string of the molecule is C=CCOc1ccc(/C=C/C(=O)OCC(=O)Nc2ccc(CCCC)cc2)cc1. The third-order valence-corrected chi connectivity index (χ3v) is 4.06. The smallest absolute Gasteiger partial charge is 0.331 e. The summed E-state index contributed by atoms with van der Waals surface area (Å²) in [4.78, 5) is 23.7. The highest BCUT2D eigenvalue weighted by Crippen LogP contribution is 2.14. The van der Waals surface area contributed by atoms with Gasteiger partial charge in [-0.1, -0.05) is 50.3 Å². The molecule has 0 saturated heterocycles. The van der Waals surface area contributed by atoms with Crippen molar-refractivity contribution in [3.8, 4) is 5.75 Å². The monoisotopic (exact) mass is 393 g/mol. The van der Waals surface area contributed by atoms with Gasteiger partial charge in [-0.15, -0.1) is 0 Å². The Morgan fingerprint density at radius 1 is 1.07 bits per heavy atom. The molecule has 5 heteroatoms. The number of carbonyl (C=O) groups is 2. The Kier molecular flexibility index (Phi) is 9.22. The van der Waals surface area contributed by atoms with E-state index in [9.17, 15) is 9.59 Å². The minimum absolute atomic E-state index is 0.338. The number of anilines is 1. The lowest BCUT2D eigenvalue weighted by Crippen LogP contribution is -2.20. The van der Waals surface area contributed by atoms with E-state index in [0.29, 0.717) is 12.3 Å². The van der Waals surface area contributed by atoms with Crippen molar-refractivity contribution in [2.45, 2.75) is 26.2 Å². The lowest BCUT2D eigenvalue weighted by Gasteiger charge is -2.07. The van der Waals surface area contributed by atoms with Gasteiger partial charge in [-0.25, -0.2) is 4.79 Å². The van der Waals surface area contributed by atoms with Crippen molar-refractivity contribution >= 4 is 23.6 Å². The van der Waals surface area contributed by atoms with Crippen molar-refractivity contribution in [1.82, 2.24) is 0 Å². The number of hydrogen-bond acceptors (Lipinski definition) is 4. The van der Waals surface area contributed by atoms with Crippen LogP contribution in [0, 0.1) is 0 Å². The standard InChI is InChI=1S/C24H27NO4/c1-3-5-6-19-7-12-21(13-8-19)25-23(26)18-29-24(27)16-11-20-9-14-22(15-10-20)28-17-4-2/h4,7-16H,2-3,5-6,17-18H2,1H3,(H,25,26)/b16-11+. The molecule has 0 bridgehead atoms. The maximum Gasteiger partial charge on any atom is 0.331 e. The van der Waals surface area contributed by atoms with Crippen molar-refractivity contribution in [3.63, 3.8) is 0 Å². The number of rotatable bonds is 11. The summed E-state index contributed by atoms with van der Waals surface area (Å²) in [7, 11) is 0. The zero-order valence-electron chi connectivity index (χ0n) is 16.7. The number of aryl methyl sites for hydroxylation is 1. The fourth-order valence-corrected chi connectivity index (χ4v) is 2.51. The molecule has 0 unspecified atom stereocenters. The number of esters is 1. The molecule has 0 aromatic heterocycles. The number of benzene rings is 2. The quantitative estimate of drug-likeness (QED) is 0.339. The Morgan fingerprint density at radius 3 is 2.45 bits per heavy atom. The van der Waals surface area contributed by atoms with Crippen LogP contribution in [0.25, 0.3) is 6.08 Å². The summed E-state index contributed by atoms with van der Waals surface area (Å²) in [6.07, 6.45) is 7.89. The van der Waals surface area contributed by atoms with Crippen molar-refractivity contribution in [2.24, 2.45) is 0 Å². The molecular formula is C24H27NO4. The van der Waals surface area contributed by atoms with Gasteiger partial charge < -0.3 is 14.8 Å². The average molecular weight is 393 g/mol. The predicted molar refractivity (Wildman–Crippen MR) is 116 cm³/mol. The van der Waals surface area contributed by atoms with Crippen molar-refractivity contribution in [2.75, 3.05) is 18.5 Å². The number of ether oxygens (including phenoxy) is 2. The second-order valence-corrected chi connectivity index (χ2v) is 6.46. The van der Waals surface area contributed by atoms with Crippen LogP contribution in [0.3, 0.4) is 0 Å². The van der Waals surface area contributed by atoms with Crippen LogP contribution in [-0.2, 0) is 20.7 Å². The molecule has 1 amide bonds. The molecule has 2 aromatic carbocycles. The minimum Gasteiger partial charge on any atom is -0.490 e. The first-order valence-corrected chi connectivity index (χ1v) is 9.68. The van der Waals surface area contributed by atoms with Gasteiger partial charge in [-0.05, 0) is 54.3 Å². The van der Waals surface area contributed by atoms with Crippen LogP contribution < -0.4 is 10.1 Å². The average Bonchev–Trinajstić information content (AvgIpc) is 2.75. The zero-order valence-corrected chi connectivity index (χ0v) is 16.7. The van der Waals surface area contributed by atoms with Gasteiger partial charge in [0.15, 0.2) is 6.61 Å². The zero-order chi connectivity index (χ0) is 20.9. The normalized spacial score (nSPS) is 10.5. The van der Waals surface area contributed by atoms with E-state index in [0.717, 1.165) is 30.6 Å². The highest BCUT2D eigenvalue weighted by Gasteiger charge is 2.06. The molecular weight excluding hydrogens is 366 g/mol. The molecule has 0 spiro atoms. The van der Waals surface area contributed by atoms with Crippen LogP contribution in [0.5, 0.6) is 5.75 Å².